The first-order valence-corrected chi connectivity index (χ1v) is 5.40. The first-order chi connectivity index (χ1) is 7.49. The van der Waals surface area contributed by atoms with E-state index >= 15 is 0 Å². The molecule has 0 saturated carbocycles. The van der Waals surface area contributed by atoms with Gasteiger partial charge in [0.15, 0.2) is 0 Å². The molecule has 0 bridgehead atoms. The van der Waals surface area contributed by atoms with Gasteiger partial charge in [0.1, 0.15) is 6.10 Å². The number of aliphatic hydroxyl groups is 2. The second-order valence-corrected chi connectivity index (χ2v) is 4.08. The number of benzene rings is 1. The van der Waals surface area contributed by atoms with E-state index in [1.165, 1.54) is 0 Å². The molecule has 0 saturated heterocycles. The van der Waals surface area contributed by atoms with Gasteiger partial charge in [0.2, 0.25) is 0 Å². The molecule has 0 amide bonds. The van der Waals surface area contributed by atoms with Gasteiger partial charge in [-0.1, -0.05) is 6.07 Å². The van der Waals surface area contributed by atoms with Crippen LogP contribution < -0.4 is 11.5 Å². The molecule has 0 heterocycles. The minimum atomic E-state index is -0.900. The van der Waals surface area contributed by atoms with Crippen molar-refractivity contribution in [3.63, 3.8) is 0 Å². The molecule has 1 rings (SSSR count). The van der Waals surface area contributed by atoms with Gasteiger partial charge in [0, 0.05) is 5.69 Å². The van der Waals surface area contributed by atoms with Crippen molar-refractivity contribution in [3.8, 4) is 0 Å². The SMILES string of the molecule is Cc1c(N)ccc(C(O)C(O)CCN)c1C. The molecule has 4 nitrogen and oxygen atoms in total. The van der Waals surface area contributed by atoms with Crippen LogP contribution in [0.2, 0.25) is 0 Å². The highest BCUT2D eigenvalue weighted by Crippen LogP contribution is 2.27. The third-order valence-electron chi connectivity index (χ3n) is 3.02. The molecule has 16 heavy (non-hydrogen) atoms. The van der Waals surface area contributed by atoms with Crippen molar-refractivity contribution < 1.29 is 10.2 Å². The zero-order valence-electron chi connectivity index (χ0n) is 9.77. The van der Waals surface area contributed by atoms with Gasteiger partial charge in [-0.05, 0) is 49.6 Å². The van der Waals surface area contributed by atoms with E-state index < -0.39 is 12.2 Å². The molecule has 0 fully saturated rings. The Balaban J connectivity index is 3.00. The second-order valence-electron chi connectivity index (χ2n) is 4.08. The number of hydrogen-bond donors (Lipinski definition) is 4. The molecule has 0 aliphatic heterocycles. The van der Waals surface area contributed by atoms with Crippen molar-refractivity contribution in [1.29, 1.82) is 0 Å². The summed E-state index contributed by atoms with van der Waals surface area (Å²) in [6, 6.07) is 3.50. The average molecular weight is 224 g/mol. The molecule has 0 aliphatic rings. The molecule has 90 valence electrons. The summed E-state index contributed by atoms with van der Waals surface area (Å²) in [6.07, 6.45) is -1.35. The van der Waals surface area contributed by atoms with E-state index in [1.54, 1.807) is 12.1 Å². The molecule has 1 aromatic carbocycles. The Bertz CT molecular complexity index is 366. The van der Waals surface area contributed by atoms with Crippen molar-refractivity contribution >= 4 is 5.69 Å². The first-order valence-electron chi connectivity index (χ1n) is 5.40. The minimum absolute atomic E-state index is 0.352. The van der Waals surface area contributed by atoms with Crippen LogP contribution in [0.1, 0.15) is 29.2 Å². The predicted octanol–water partition coefficient (Wildman–Crippen LogP) is 0.629. The van der Waals surface area contributed by atoms with E-state index in [2.05, 4.69) is 0 Å². The van der Waals surface area contributed by atoms with Gasteiger partial charge in [-0.2, -0.15) is 0 Å². The number of hydrogen-bond acceptors (Lipinski definition) is 4. The summed E-state index contributed by atoms with van der Waals surface area (Å²) in [5.74, 6) is 0. The summed E-state index contributed by atoms with van der Waals surface area (Å²) < 4.78 is 0. The largest absolute Gasteiger partial charge is 0.399 e. The fraction of sp³-hybridized carbons (Fsp3) is 0.500. The minimum Gasteiger partial charge on any atom is -0.399 e. The number of aliphatic hydroxyl groups excluding tert-OH is 2. The summed E-state index contributed by atoms with van der Waals surface area (Å²) in [4.78, 5) is 0. The fourth-order valence-electron chi connectivity index (χ4n) is 1.72. The number of nitrogens with two attached hydrogens (primary N) is 2. The zero-order valence-corrected chi connectivity index (χ0v) is 9.77. The van der Waals surface area contributed by atoms with Crippen LogP contribution in [-0.2, 0) is 0 Å². The lowest BCUT2D eigenvalue weighted by molar-refractivity contribution is 0.0146. The summed E-state index contributed by atoms with van der Waals surface area (Å²) in [6.45, 7) is 4.14. The molecule has 0 spiro atoms. The number of anilines is 1. The zero-order chi connectivity index (χ0) is 12.3. The molecule has 6 N–H and O–H groups in total. The van der Waals surface area contributed by atoms with Crippen LogP contribution in [-0.4, -0.2) is 22.9 Å². The summed E-state index contributed by atoms with van der Waals surface area (Å²) in [7, 11) is 0. The van der Waals surface area contributed by atoms with Crippen molar-refractivity contribution in [2.45, 2.75) is 32.5 Å². The van der Waals surface area contributed by atoms with Crippen molar-refractivity contribution in [1.82, 2.24) is 0 Å². The van der Waals surface area contributed by atoms with E-state index in [0.717, 1.165) is 11.1 Å². The Kier molecular flexibility index (Phi) is 4.29. The van der Waals surface area contributed by atoms with Gasteiger partial charge < -0.3 is 21.7 Å². The van der Waals surface area contributed by atoms with Crippen LogP contribution in [0.25, 0.3) is 0 Å². The lowest BCUT2D eigenvalue weighted by Crippen LogP contribution is -2.22. The Hall–Kier alpha value is -1.10. The quantitative estimate of drug-likeness (QED) is 0.564. The maximum absolute atomic E-state index is 9.97. The fourth-order valence-corrected chi connectivity index (χ4v) is 1.72. The standard InChI is InChI=1S/C12H20N2O2/c1-7-8(2)10(14)4-3-9(7)12(16)11(15)5-6-13/h3-4,11-12,15-16H,5-6,13-14H2,1-2H3. The van der Waals surface area contributed by atoms with Gasteiger partial charge in [-0.15, -0.1) is 0 Å². The van der Waals surface area contributed by atoms with Gasteiger partial charge in [-0.25, -0.2) is 0 Å². The molecular weight excluding hydrogens is 204 g/mol. The first kappa shape index (κ1) is 13.0. The smallest absolute Gasteiger partial charge is 0.105 e. The van der Waals surface area contributed by atoms with Crippen LogP contribution in [0.4, 0.5) is 5.69 Å². The Morgan fingerprint density at radius 3 is 2.38 bits per heavy atom. The Labute approximate surface area is 95.9 Å². The number of rotatable bonds is 4. The van der Waals surface area contributed by atoms with Crippen molar-refractivity contribution in [3.05, 3.63) is 28.8 Å². The second kappa shape index (κ2) is 5.30. The molecule has 0 aromatic heterocycles. The van der Waals surface area contributed by atoms with E-state index in [0.29, 0.717) is 24.2 Å². The van der Waals surface area contributed by atoms with Crippen LogP contribution in [0, 0.1) is 13.8 Å². The maximum Gasteiger partial charge on any atom is 0.105 e. The highest BCUT2D eigenvalue weighted by atomic mass is 16.3. The normalized spacial score (nSPS) is 14.8. The summed E-state index contributed by atoms with van der Waals surface area (Å²) in [5.41, 5.74) is 14.4. The molecule has 0 aliphatic carbocycles. The predicted molar refractivity (Wildman–Crippen MR) is 65.0 cm³/mol. The third kappa shape index (κ3) is 2.52. The monoisotopic (exact) mass is 224 g/mol. The topological polar surface area (TPSA) is 92.5 Å². The van der Waals surface area contributed by atoms with Crippen molar-refractivity contribution in [2.24, 2.45) is 5.73 Å². The maximum atomic E-state index is 9.97. The van der Waals surface area contributed by atoms with Gasteiger partial charge in [0.25, 0.3) is 0 Å². The molecule has 1 aromatic rings. The van der Waals surface area contributed by atoms with Crippen molar-refractivity contribution in [2.75, 3.05) is 12.3 Å². The molecule has 0 radical (unpaired) electrons. The summed E-state index contributed by atoms with van der Waals surface area (Å²) >= 11 is 0. The van der Waals surface area contributed by atoms with Gasteiger partial charge in [0.05, 0.1) is 6.10 Å². The lowest BCUT2D eigenvalue weighted by atomic mass is 9.94. The van der Waals surface area contributed by atoms with E-state index in [1.807, 2.05) is 13.8 Å². The van der Waals surface area contributed by atoms with Crippen LogP contribution in [0.15, 0.2) is 12.1 Å². The lowest BCUT2D eigenvalue weighted by Gasteiger charge is -2.21. The van der Waals surface area contributed by atoms with Gasteiger partial charge in [-0.3, -0.25) is 0 Å². The Morgan fingerprint density at radius 1 is 1.19 bits per heavy atom. The van der Waals surface area contributed by atoms with E-state index in [9.17, 15) is 10.2 Å². The molecule has 4 heteroatoms. The van der Waals surface area contributed by atoms with E-state index in [-0.39, 0.29) is 0 Å². The highest BCUT2D eigenvalue weighted by Gasteiger charge is 2.20. The number of nitrogen functional groups attached to an aromatic ring is 1. The molecular formula is C12H20N2O2. The van der Waals surface area contributed by atoms with Crippen LogP contribution >= 0.6 is 0 Å². The Morgan fingerprint density at radius 2 is 1.81 bits per heavy atom. The molecule has 2 unspecified atom stereocenters. The van der Waals surface area contributed by atoms with E-state index in [4.69, 9.17) is 11.5 Å². The van der Waals surface area contributed by atoms with Crippen LogP contribution in [0.5, 0.6) is 0 Å². The van der Waals surface area contributed by atoms with Gasteiger partial charge >= 0.3 is 0 Å². The van der Waals surface area contributed by atoms with Crippen LogP contribution in [0.3, 0.4) is 0 Å². The highest BCUT2D eigenvalue weighted by molar-refractivity contribution is 5.53. The average Bonchev–Trinajstić information content (AvgIpc) is 2.26. The third-order valence-corrected chi connectivity index (χ3v) is 3.02. The summed E-state index contributed by atoms with van der Waals surface area (Å²) in [5, 5.41) is 19.7. The molecule has 2 atom stereocenters.